The molecule has 0 radical (unpaired) electrons. The number of para-hydroxylation sites is 3. The molecule has 2 aliphatic heterocycles. The Morgan fingerprint density at radius 1 is 0.533 bits per heavy atom. The van der Waals surface area contributed by atoms with Crippen LogP contribution in [0.1, 0.15) is 35.9 Å². The first-order valence-electron chi connectivity index (χ1n) is 20.7. The van der Waals surface area contributed by atoms with E-state index in [1.165, 1.54) is 70.3 Å². The second-order valence-electron chi connectivity index (χ2n) is 16.4. The van der Waals surface area contributed by atoms with Gasteiger partial charge in [-0.15, -0.1) is 0 Å². The molecule has 3 aliphatic rings. The van der Waals surface area contributed by atoms with Crippen molar-refractivity contribution in [3.63, 3.8) is 0 Å². The van der Waals surface area contributed by atoms with Crippen LogP contribution in [-0.2, 0) is 5.41 Å². The molecule has 8 aromatic carbocycles. The highest BCUT2D eigenvalue weighted by Gasteiger charge is 2.52. The lowest BCUT2D eigenvalue weighted by Crippen LogP contribution is -2.40. The van der Waals surface area contributed by atoms with Crippen LogP contribution in [0.15, 0.2) is 197 Å². The number of hydrogen-bond donors (Lipinski definition) is 0. The van der Waals surface area contributed by atoms with Gasteiger partial charge >= 0.3 is 0 Å². The fourth-order valence-corrected chi connectivity index (χ4v) is 11.8. The third kappa shape index (κ3) is 4.72. The van der Waals surface area contributed by atoms with E-state index in [9.17, 15) is 0 Å². The molecule has 0 N–H and O–H groups in total. The van der Waals surface area contributed by atoms with Crippen LogP contribution in [0.2, 0.25) is 0 Å². The van der Waals surface area contributed by atoms with E-state index in [1.54, 1.807) is 0 Å². The van der Waals surface area contributed by atoms with E-state index in [1.807, 2.05) is 11.8 Å². The second kappa shape index (κ2) is 12.7. The van der Waals surface area contributed by atoms with Crippen LogP contribution < -0.4 is 0 Å². The van der Waals surface area contributed by atoms with Crippen molar-refractivity contribution in [2.45, 2.75) is 23.7 Å². The topological polar surface area (TPSA) is 43.6 Å². The first-order chi connectivity index (χ1) is 29.6. The molecule has 1 aliphatic carbocycles. The van der Waals surface area contributed by atoms with Gasteiger partial charge in [0.05, 0.1) is 22.1 Å². The lowest BCUT2D eigenvalue weighted by atomic mass is 9.60. The minimum absolute atomic E-state index is 0.227. The number of thioether (sulfide) groups is 1. The molecule has 2 aromatic heterocycles. The third-order valence-corrected chi connectivity index (χ3v) is 14.2. The van der Waals surface area contributed by atoms with Gasteiger partial charge in [-0.3, -0.25) is 0 Å². The summed E-state index contributed by atoms with van der Waals surface area (Å²) in [7, 11) is 0. The summed E-state index contributed by atoms with van der Waals surface area (Å²) in [6, 6.07) is 64.1. The summed E-state index contributed by atoms with van der Waals surface area (Å²) in [6.45, 7) is 2.35. The number of benzene rings is 8. The molecule has 4 heterocycles. The maximum absolute atomic E-state index is 5.44. The predicted octanol–water partition coefficient (Wildman–Crippen LogP) is 13.7. The Morgan fingerprint density at radius 3 is 1.87 bits per heavy atom. The molecular formula is C55H36N4S. The van der Waals surface area contributed by atoms with Gasteiger partial charge in [0.2, 0.25) is 0 Å². The standard InChI is InChI=1S/C55H36N4S/c1-33-29-42(54-57-52(38-27-25-34-13-2-4-15-36(34)31-38)56-53(58-54)39-28-26-35-14-3-5-16-37(35)32-39)51-46(30-33)55(44-20-8-11-24-49(44)60-51)43-19-7-10-23-48(43)59-47-22-9-6-17-40(47)41-18-12-21-45(55)50(41)59/h2-29,31-33H,30H2,1H3. The number of aromatic nitrogens is 4. The quantitative estimate of drug-likeness (QED) is 0.179. The van der Waals surface area contributed by atoms with E-state index in [2.05, 4.69) is 193 Å². The monoisotopic (exact) mass is 784 g/mol. The first-order valence-corrected chi connectivity index (χ1v) is 21.6. The summed E-state index contributed by atoms with van der Waals surface area (Å²) < 4.78 is 2.52. The van der Waals surface area contributed by atoms with Crippen molar-refractivity contribution in [3.05, 3.63) is 215 Å². The predicted molar refractivity (Wildman–Crippen MR) is 247 cm³/mol. The molecule has 0 saturated carbocycles. The first kappa shape index (κ1) is 33.8. The van der Waals surface area contributed by atoms with Crippen LogP contribution in [0, 0.1) is 5.92 Å². The molecule has 13 rings (SSSR count). The van der Waals surface area contributed by atoms with E-state index in [0.717, 1.165) is 33.9 Å². The van der Waals surface area contributed by atoms with Crippen LogP contribution in [0.3, 0.4) is 0 Å². The van der Waals surface area contributed by atoms with Crippen molar-refractivity contribution in [1.29, 1.82) is 0 Å². The lowest BCUT2D eigenvalue weighted by Gasteiger charge is -2.48. The number of allylic oxidation sites excluding steroid dienone is 3. The largest absolute Gasteiger partial charge is 0.309 e. The van der Waals surface area contributed by atoms with Gasteiger partial charge in [0.15, 0.2) is 17.5 Å². The van der Waals surface area contributed by atoms with Crippen molar-refractivity contribution in [3.8, 4) is 28.5 Å². The zero-order valence-corrected chi connectivity index (χ0v) is 33.6. The summed E-state index contributed by atoms with van der Waals surface area (Å²) in [5.41, 5.74) is 11.6. The Morgan fingerprint density at radius 2 is 1.12 bits per heavy atom. The maximum Gasteiger partial charge on any atom is 0.164 e. The Balaban J connectivity index is 1.10. The average Bonchev–Trinajstić information content (AvgIpc) is 3.65. The van der Waals surface area contributed by atoms with Gasteiger partial charge in [-0.25, -0.2) is 15.0 Å². The Kier molecular flexibility index (Phi) is 7.17. The molecule has 4 nitrogen and oxygen atoms in total. The molecule has 60 heavy (non-hydrogen) atoms. The van der Waals surface area contributed by atoms with Crippen molar-refractivity contribution >= 4 is 60.7 Å². The van der Waals surface area contributed by atoms with Gasteiger partial charge < -0.3 is 4.57 Å². The second-order valence-corrected chi connectivity index (χ2v) is 17.5. The zero-order chi connectivity index (χ0) is 39.5. The van der Waals surface area contributed by atoms with E-state index >= 15 is 0 Å². The SMILES string of the molecule is CC1C=C(c2nc(-c3ccc4ccccc4c3)nc(-c3ccc4ccccc4c3)n2)C2=C(C1)C1(c3ccccc3S2)c2ccccc2-n2c3ccccc3c3cccc1c32. The van der Waals surface area contributed by atoms with Gasteiger partial charge in [0.25, 0.3) is 0 Å². The molecule has 1 spiro atoms. The van der Waals surface area contributed by atoms with E-state index < -0.39 is 5.41 Å². The van der Waals surface area contributed by atoms with Crippen LogP contribution >= 0.6 is 11.8 Å². The number of rotatable bonds is 3. The van der Waals surface area contributed by atoms with Crippen molar-refractivity contribution in [2.24, 2.45) is 5.92 Å². The number of hydrogen-bond acceptors (Lipinski definition) is 4. The van der Waals surface area contributed by atoms with Gasteiger partial charge in [0, 0.05) is 37.3 Å². The molecule has 0 amide bonds. The van der Waals surface area contributed by atoms with Crippen LogP contribution in [0.4, 0.5) is 0 Å². The summed E-state index contributed by atoms with van der Waals surface area (Å²) >= 11 is 1.88. The van der Waals surface area contributed by atoms with Crippen molar-refractivity contribution < 1.29 is 0 Å². The van der Waals surface area contributed by atoms with Gasteiger partial charge in [-0.2, -0.15) is 0 Å². The minimum Gasteiger partial charge on any atom is -0.309 e. The highest BCUT2D eigenvalue weighted by Crippen LogP contribution is 2.64. The molecule has 0 saturated heterocycles. The van der Waals surface area contributed by atoms with E-state index in [4.69, 9.17) is 15.0 Å². The molecule has 282 valence electrons. The highest BCUT2D eigenvalue weighted by molar-refractivity contribution is 8.03. The molecule has 5 heteroatoms. The fraction of sp³-hybridized carbons (Fsp3) is 0.0727. The van der Waals surface area contributed by atoms with Gasteiger partial charge in [-0.1, -0.05) is 170 Å². The van der Waals surface area contributed by atoms with E-state index in [0.29, 0.717) is 17.5 Å². The molecule has 0 bridgehead atoms. The number of nitrogens with zero attached hydrogens (tertiary/aromatic N) is 4. The van der Waals surface area contributed by atoms with Gasteiger partial charge in [-0.05, 0) is 86.5 Å². The molecular weight excluding hydrogens is 749 g/mol. The van der Waals surface area contributed by atoms with Crippen molar-refractivity contribution in [1.82, 2.24) is 19.5 Å². The van der Waals surface area contributed by atoms with Crippen LogP contribution in [-0.4, -0.2) is 19.5 Å². The summed E-state index contributed by atoms with van der Waals surface area (Å²) in [5.74, 6) is 2.27. The van der Waals surface area contributed by atoms with Crippen LogP contribution in [0.25, 0.3) is 77.4 Å². The molecule has 0 fully saturated rings. The van der Waals surface area contributed by atoms with E-state index in [-0.39, 0.29) is 5.92 Å². The Labute approximate surface area is 351 Å². The summed E-state index contributed by atoms with van der Waals surface area (Å²) in [4.78, 5) is 18.6. The third-order valence-electron chi connectivity index (χ3n) is 13.0. The Bertz CT molecular complexity index is 3440. The minimum atomic E-state index is -0.541. The molecule has 2 unspecified atom stereocenters. The lowest BCUT2D eigenvalue weighted by molar-refractivity contribution is 0.592. The fourth-order valence-electron chi connectivity index (χ4n) is 10.5. The van der Waals surface area contributed by atoms with Crippen molar-refractivity contribution in [2.75, 3.05) is 0 Å². The zero-order valence-electron chi connectivity index (χ0n) is 32.8. The van der Waals surface area contributed by atoms with Gasteiger partial charge in [0.1, 0.15) is 0 Å². The highest BCUT2D eigenvalue weighted by atomic mass is 32.2. The normalized spacial score (nSPS) is 17.9. The smallest absolute Gasteiger partial charge is 0.164 e. The molecule has 10 aromatic rings. The number of fused-ring (bicyclic) bond motifs is 12. The Hall–Kier alpha value is -7.08. The average molecular weight is 785 g/mol. The summed E-state index contributed by atoms with van der Waals surface area (Å²) in [5, 5.41) is 7.25. The summed E-state index contributed by atoms with van der Waals surface area (Å²) in [6.07, 6.45) is 3.33. The maximum atomic E-state index is 5.44. The molecule has 2 atom stereocenters. The van der Waals surface area contributed by atoms with Crippen LogP contribution in [0.5, 0.6) is 0 Å².